The minimum absolute atomic E-state index is 0.0285. The Labute approximate surface area is 262 Å². The van der Waals surface area contributed by atoms with Crippen molar-refractivity contribution in [3.63, 3.8) is 0 Å². The fourth-order valence-electron chi connectivity index (χ4n) is 6.68. The number of carbonyl (C=O) groups excluding carboxylic acids is 3. The number of anilines is 1. The molecule has 8 nitrogen and oxygen atoms in total. The Kier molecular flexibility index (Phi) is 7.91. The van der Waals surface area contributed by atoms with Crippen LogP contribution in [0.15, 0.2) is 54.6 Å². The van der Waals surface area contributed by atoms with Gasteiger partial charge in [0.05, 0.1) is 16.6 Å². The van der Waals surface area contributed by atoms with Gasteiger partial charge in [-0.2, -0.15) is 0 Å². The minimum atomic E-state index is -1.51. The third-order valence-electron chi connectivity index (χ3n) is 8.62. The first-order chi connectivity index (χ1) is 20.6. The topological polar surface area (TPSA) is 99.8 Å². The van der Waals surface area contributed by atoms with Gasteiger partial charge in [0, 0.05) is 61.1 Å². The first kappa shape index (κ1) is 29.5. The summed E-state index contributed by atoms with van der Waals surface area (Å²) in [5.74, 6) is -2.17. The van der Waals surface area contributed by atoms with Crippen LogP contribution in [0.3, 0.4) is 0 Å². The second-order valence-electron chi connectivity index (χ2n) is 11.0. The molecule has 3 aromatic rings. The molecule has 4 amide bonds. The molecule has 0 saturated carbocycles. The van der Waals surface area contributed by atoms with Gasteiger partial charge in [-0.3, -0.25) is 9.59 Å². The number of ether oxygens (including phenoxy) is 1. The molecule has 224 valence electrons. The Morgan fingerprint density at radius 1 is 1.05 bits per heavy atom. The quantitative estimate of drug-likeness (QED) is 0.315. The largest absolute Gasteiger partial charge is 0.490 e. The zero-order valence-electron chi connectivity index (χ0n) is 23.1. The first-order valence-electron chi connectivity index (χ1n) is 13.9. The van der Waals surface area contributed by atoms with E-state index in [0.717, 1.165) is 0 Å². The lowest BCUT2D eigenvalue weighted by Gasteiger charge is -2.47. The van der Waals surface area contributed by atoms with Gasteiger partial charge in [-0.05, 0) is 47.5 Å². The zero-order valence-corrected chi connectivity index (χ0v) is 25.3. The molecule has 0 bridgehead atoms. The summed E-state index contributed by atoms with van der Waals surface area (Å²) in [5, 5.41) is 9.16. The third kappa shape index (κ3) is 5.07. The molecule has 0 aliphatic carbocycles. The molecule has 3 aromatic carbocycles. The van der Waals surface area contributed by atoms with Gasteiger partial charge in [-0.15, -0.1) is 0 Å². The van der Waals surface area contributed by atoms with Crippen molar-refractivity contribution in [2.75, 3.05) is 25.5 Å². The van der Waals surface area contributed by atoms with Crippen LogP contribution in [0.4, 0.5) is 14.9 Å². The van der Waals surface area contributed by atoms with Gasteiger partial charge in [0.2, 0.25) is 11.8 Å². The van der Waals surface area contributed by atoms with E-state index in [2.05, 4.69) is 16.0 Å². The highest BCUT2D eigenvalue weighted by Gasteiger charge is 2.62. The van der Waals surface area contributed by atoms with Crippen molar-refractivity contribution in [1.82, 2.24) is 15.5 Å². The molecule has 0 radical (unpaired) electrons. The summed E-state index contributed by atoms with van der Waals surface area (Å²) in [6.07, 6.45) is 0.615. The number of piperidine rings is 2. The predicted molar refractivity (Wildman–Crippen MR) is 163 cm³/mol. The Balaban J connectivity index is 1.51. The van der Waals surface area contributed by atoms with Crippen LogP contribution in [0.5, 0.6) is 5.75 Å². The van der Waals surface area contributed by atoms with E-state index in [-0.39, 0.29) is 40.8 Å². The molecule has 3 aliphatic heterocycles. The summed E-state index contributed by atoms with van der Waals surface area (Å²) in [7, 11) is 1.57. The normalized spacial score (nSPS) is 23.5. The van der Waals surface area contributed by atoms with E-state index >= 15 is 4.39 Å². The number of urea groups is 1. The van der Waals surface area contributed by atoms with E-state index < -0.39 is 29.1 Å². The van der Waals surface area contributed by atoms with Crippen molar-refractivity contribution in [1.29, 1.82) is 0 Å². The lowest BCUT2D eigenvalue weighted by Crippen LogP contribution is -2.57. The number of rotatable bonds is 4. The first-order valence-corrected chi connectivity index (χ1v) is 15.0. The van der Waals surface area contributed by atoms with Crippen LogP contribution in [-0.4, -0.2) is 49.0 Å². The maximum Gasteiger partial charge on any atom is 0.317 e. The van der Waals surface area contributed by atoms with Crippen molar-refractivity contribution in [2.45, 2.75) is 42.7 Å². The van der Waals surface area contributed by atoms with E-state index in [9.17, 15) is 14.4 Å². The average Bonchev–Trinajstić information content (AvgIpc) is 3.27. The summed E-state index contributed by atoms with van der Waals surface area (Å²) < 4.78 is 22.7. The Hall–Kier alpha value is -3.53. The second-order valence-corrected chi connectivity index (χ2v) is 12.2. The SMILES string of the molecule is CNC(=O)N1CCC(Oc2ccc(Cl)c(F)c2[C@H]2NC(=O)C[C@@H](c3cccc(Cl)c3)[C@]23C(=O)Nc2cc(Cl)ccc23)CC1. The summed E-state index contributed by atoms with van der Waals surface area (Å²) in [6.45, 7) is 0.903. The highest BCUT2D eigenvalue weighted by Crippen LogP contribution is 2.59. The van der Waals surface area contributed by atoms with Crippen molar-refractivity contribution in [2.24, 2.45) is 0 Å². The number of benzene rings is 3. The maximum absolute atomic E-state index is 16.3. The average molecular weight is 646 g/mol. The van der Waals surface area contributed by atoms with E-state index in [1.54, 1.807) is 60.5 Å². The van der Waals surface area contributed by atoms with E-state index in [0.29, 0.717) is 52.8 Å². The van der Waals surface area contributed by atoms with Gasteiger partial charge in [-0.1, -0.05) is 53.0 Å². The summed E-state index contributed by atoms with van der Waals surface area (Å²) in [6, 6.07) is 13.6. The fourth-order valence-corrected chi connectivity index (χ4v) is 7.22. The van der Waals surface area contributed by atoms with Crippen LogP contribution in [0, 0.1) is 5.82 Å². The van der Waals surface area contributed by atoms with Crippen LogP contribution in [0.25, 0.3) is 0 Å². The molecule has 3 N–H and O–H groups in total. The fraction of sp³-hybridized carbons (Fsp3) is 0.323. The van der Waals surface area contributed by atoms with Gasteiger partial charge in [-0.25, -0.2) is 9.18 Å². The lowest BCUT2D eigenvalue weighted by molar-refractivity contribution is -0.131. The van der Waals surface area contributed by atoms with Crippen LogP contribution in [-0.2, 0) is 15.0 Å². The van der Waals surface area contributed by atoms with E-state index in [1.165, 1.54) is 6.07 Å². The predicted octanol–water partition coefficient (Wildman–Crippen LogP) is 6.20. The monoisotopic (exact) mass is 644 g/mol. The molecule has 43 heavy (non-hydrogen) atoms. The number of carbonyl (C=O) groups is 3. The van der Waals surface area contributed by atoms with Gasteiger partial charge in [0.15, 0.2) is 5.82 Å². The highest BCUT2D eigenvalue weighted by atomic mass is 35.5. The number of halogens is 4. The molecule has 0 aromatic heterocycles. The number of hydrogen-bond donors (Lipinski definition) is 3. The number of likely N-dealkylation sites (tertiary alicyclic amines) is 1. The zero-order chi connectivity index (χ0) is 30.5. The van der Waals surface area contributed by atoms with Crippen molar-refractivity contribution in [3.8, 4) is 5.75 Å². The Morgan fingerprint density at radius 3 is 2.51 bits per heavy atom. The van der Waals surface area contributed by atoms with Crippen LogP contribution in [0.2, 0.25) is 15.1 Å². The molecule has 3 aliphatic rings. The smallest absolute Gasteiger partial charge is 0.317 e. The summed E-state index contributed by atoms with van der Waals surface area (Å²) in [4.78, 5) is 41.5. The number of fused-ring (bicyclic) bond motifs is 2. The molecule has 2 saturated heterocycles. The van der Waals surface area contributed by atoms with Crippen LogP contribution >= 0.6 is 34.8 Å². The van der Waals surface area contributed by atoms with Gasteiger partial charge in [0.1, 0.15) is 17.3 Å². The Morgan fingerprint density at radius 2 is 1.79 bits per heavy atom. The molecule has 3 atom stereocenters. The maximum atomic E-state index is 16.3. The van der Waals surface area contributed by atoms with Gasteiger partial charge < -0.3 is 25.6 Å². The molecule has 1 spiro atoms. The van der Waals surface area contributed by atoms with Crippen molar-refractivity contribution < 1.29 is 23.5 Å². The van der Waals surface area contributed by atoms with Crippen molar-refractivity contribution >= 4 is 58.3 Å². The third-order valence-corrected chi connectivity index (χ3v) is 9.38. The van der Waals surface area contributed by atoms with Gasteiger partial charge in [0.25, 0.3) is 0 Å². The standard InChI is InChI=1S/C31H28Cl3FN4O4/c1-36-30(42)39-11-9-19(10-12-39)43-24-8-7-22(34)27(35)26(24)28-31(20-6-5-18(33)14-23(20)37-29(31)41)21(15-25(40)38-28)16-3-2-4-17(32)13-16/h2-8,13-14,19,21,28H,9-12,15H2,1H3,(H,36,42)(H,37,41)(H,38,40)/t21-,28+,31-/m0/s1. The lowest BCUT2D eigenvalue weighted by atomic mass is 9.59. The van der Waals surface area contributed by atoms with E-state index in [4.69, 9.17) is 39.5 Å². The van der Waals surface area contributed by atoms with Crippen LogP contribution in [0.1, 0.15) is 47.9 Å². The second kappa shape index (κ2) is 11.5. The molecule has 3 heterocycles. The Bertz CT molecular complexity index is 1630. The summed E-state index contributed by atoms with van der Waals surface area (Å²) in [5.41, 5.74) is 0.138. The highest BCUT2D eigenvalue weighted by molar-refractivity contribution is 6.31. The number of hydrogen-bond acceptors (Lipinski definition) is 4. The molecule has 6 rings (SSSR count). The number of amides is 4. The molecule has 2 fully saturated rings. The molecule has 12 heteroatoms. The molecule has 0 unspecified atom stereocenters. The summed E-state index contributed by atoms with van der Waals surface area (Å²) >= 11 is 19.0. The van der Waals surface area contributed by atoms with Gasteiger partial charge >= 0.3 is 6.03 Å². The molecular formula is C31H28Cl3FN4O4. The van der Waals surface area contributed by atoms with Crippen molar-refractivity contribution in [3.05, 3.63) is 92.2 Å². The van der Waals surface area contributed by atoms with E-state index in [1.807, 2.05) is 0 Å². The van der Waals surface area contributed by atoms with Crippen LogP contribution < -0.4 is 20.7 Å². The molecular weight excluding hydrogens is 618 g/mol. The number of nitrogens with zero attached hydrogens (tertiary/aromatic N) is 1. The minimum Gasteiger partial charge on any atom is -0.490 e. The number of nitrogens with one attached hydrogen (secondary N) is 3.